The van der Waals surface area contributed by atoms with Crippen LogP contribution in [0.3, 0.4) is 0 Å². The minimum absolute atomic E-state index is 0.203. The topological polar surface area (TPSA) is 502 Å². The van der Waals surface area contributed by atoms with Crippen LogP contribution in [-0.2, 0) is 24.3 Å². The van der Waals surface area contributed by atoms with Crippen LogP contribution in [0.5, 0.6) is 0 Å². The third kappa shape index (κ3) is 10.7. The number of aliphatic hydroxyl groups is 3. The third-order valence-corrected chi connectivity index (χ3v) is 4.17. The molecule has 2 aromatic rings. The first kappa shape index (κ1) is 39.7. The van der Waals surface area contributed by atoms with Crippen molar-refractivity contribution in [3.63, 3.8) is 0 Å². The first-order valence-electron chi connectivity index (χ1n) is 9.50. The zero-order valence-electron chi connectivity index (χ0n) is 19.9. The largest absolute Gasteiger partial charge is 0.518 e. The van der Waals surface area contributed by atoms with Gasteiger partial charge in [-0.05, 0) is 14.9 Å². The zero-order chi connectivity index (χ0) is 34.5. The number of hydrogen-bond donors (Lipinski definition) is 13. The van der Waals surface area contributed by atoms with Crippen molar-refractivity contribution in [3.8, 4) is 0 Å². The molecule has 3 rings (SSSR count). The molecule has 0 bridgehead atoms. The van der Waals surface area contributed by atoms with Crippen molar-refractivity contribution in [1.82, 2.24) is 19.5 Å². The van der Waals surface area contributed by atoms with E-state index in [-0.39, 0.29) is 4.57 Å². The smallest absolute Gasteiger partial charge is 0.394 e. The Morgan fingerprint density at radius 3 is 1.65 bits per heavy atom. The molecule has 43 heavy (non-hydrogen) atoms. The van der Waals surface area contributed by atoms with Crippen LogP contribution in [0.25, 0.3) is 11.2 Å². The molecule has 33 heteroatoms. The lowest BCUT2D eigenvalue weighted by atomic mass is 10.0. The second-order valence-electron chi connectivity index (χ2n) is 7.12. The van der Waals surface area contributed by atoms with E-state index in [9.17, 15) is 45.7 Å². The molecule has 1 saturated heterocycles. The molecule has 4 atom stereocenters. The first-order chi connectivity index (χ1) is 19.0. The van der Waals surface area contributed by atoms with E-state index in [0.29, 0.717) is 6.33 Å². The monoisotopic (exact) mass is 696 g/mol. The molecule has 14 N–H and O–H groups in total. The number of aromatic nitrogens is 4. The number of phosphoric acid groups is 3. The number of nitrogen functional groups attached to an aromatic ring is 1. The van der Waals surface area contributed by atoms with E-state index < -0.39 is 91.6 Å². The predicted octanol–water partition coefficient (Wildman–Crippen LogP) is -5.86. The molecule has 2 aromatic heterocycles. The summed E-state index contributed by atoms with van der Waals surface area (Å²) in [4.78, 5) is 105. The summed E-state index contributed by atoms with van der Waals surface area (Å²) >= 11 is 0. The van der Waals surface area contributed by atoms with Crippen LogP contribution in [0.4, 0.5) is 11.8 Å². The van der Waals surface area contributed by atoms with Gasteiger partial charge in [-0.3, -0.25) is 25.0 Å². The van der Waals surface area contributed by atoms with Crippen LogP contribution >= 0.6 is 23.5 Å². The van der Waals surface area contributed by atoms with Crippen molar-refractivity contribution < 1.29 is 92.6 Å². The minimum atomic E-state index is -4.64. The highest BCUT2D eigenvalue weighted by Gasteiger charge is 2.86. The number of nitro groups is 3. The first-order valence-corrected chi connectivity index (χ1v) is 14.2. The number of nitrogens with two attached hydrogens (primary N) is 1. The molecule has 30 nitrogen and oxygen atoms in total. The standard InChI is InChI=1S/C10H10N8O10.3H3O4P/c11-6-4-7(14-8(13-6)16(22)23)15(2-12-4)10(18(26)27)9(21,17(24)25)5(20)3(1-19)28-10;3*1-5(2,3)4/h2-3,5,19-21H,1H2,(H2,11,13,14);3*(H3,1,2,3,4)/t3-,5-,9-,10-;;;/m1.../s1. The molecule has 0 amide bonds. The van der Waals surface area contributed by atoms with Crippen LogP contribution < -0.4 is 5.73 Å². The fourth-order valence-corrected chi connectivity index (χ4v) is 2.89. The van der Waals surface area contributed by atoms with Crippen molar-refractivity contribution in [2.45, 2.75) is 23.8 Å². The molecule has 1 aliphatic rings. The molecular weight excluding hydrogens is 677 g/mol. The van der Waals surface area contributed by atoms with Crippen molar-refractivity contribution in [2.24, 2.45) is 0 Å². The molecule has 0 saturated carbocycles. The number of anilines is 1. The van der Waals surface area contributed by atoms with Gasteiger partial charge in [0.2, 0.25) is 5.82 Å². The lowest BCUT2D eigenvalue weighted by Crippen LogP contribution is -2.66. The fraction of sp³-hybridized carbons (Fsp3) is 0.500. The van der Waals surface area contributed by atoms with Crippen LogP contribution in [0.2, 0.25) is 0 Å². The van der Waals surface area contributed by atoms with Gasteiger partial charge in [0.1, 0.15) is 12.4 Å². The van der Waals surface area contributed by atoms with Gasteiger partial charge in [-0.1, -0.05) is 0 Å². The van der Waals surface area contributed by atoms with Gasteiger partial charge in [0, 0.05) is 0 Å². The van der Waals surface area contributed by atoms with Crippen LogP contribution in [0, 0.1) is 30.3 Å². The third-order valence-electron chi connectivity index (χ3n) is 4.17. The summed E-state index contributed by atoms with van der Waals surface area (Å²) in [5.41, 5.74) is 0.475. The maximum absolute atomic E-state index is 11.9. The molecule has 3 heterocycles. The second-order valence-corrected chi connectivity index (χ2v) is 10.2. The highest BCUT2D eigenvalue weighted by molar-refractivity contribution is 7.45. The van der Waals surface area contributed by atoms with Crippen LogP contribution in [0.1, 0.15) is 0 Å². The zero-order valence-corrected chi connectivity index (χ0v) is 22.6. The molecule has 246 valence electrons. The highest BCUT2D eigenvalue weighted by Crippen LogP contribution is 2.46. The Morgan fingerprint density at radius 1 is 0.907 bits per heavy atom. The summed E-state index contributed by atoms with van der Waals surface area (Å²) in [6, 6.07) is 0. The van der Waals surface area contributed by atoms with E-state index in [2.05, 4.69) is 15.0 Å². The number of ether oxygens (including phenoxy) is 1. The van der Waals surface area contributed by atoms with Gasteiger partial charge >= 0.3 is 41.0 Å². The number of nitrogens with zero attached hydrogens (tertiary/aromatic N) is 7. The Balaban J connectivity index is 0.000000973. The predicted molar refractivity (Wildman–Crippen MR) is 124 cm³/mol. The SMILES string of the molecule is Nc1nc([N+](=O)[O-])nc2c1ncn2[C@]1([N+](=O)[O-])O[C@H](CO)[C@@H](O)[C@]1(O)[N+](=O)[O-].O=P(O)(O)O.O=P(O)(O)O.O=P(O)(O)O. The molecule has 0 aliphatic carbocycles. The van der Waals surface area contributed by atoms with Crippen LogP contribution in [0.15, 0.2) is 6.33 Å². The average molecular weight is 696 g/mol. The number of imidazole rings is 1. The highest BCUT2D eigenvalue weighted by atomic mass is 31.2. The summed E-state index contributed by atoms with van der Waals surface area (Å²) in [5, 5.41) is 64.1. The van der Waals surface area contributed by atoms with E-state index in [1.165, 1.54) is 0 Å². The van der Waals surface area contributed by atoms with Crippen molar-refractivity contribution >= 4 is 46.4 Å². The Hall–Kier alpha value is -3.28. The minimum Gasteiger partial charge on any atom is -0.394 e. The Bertz CT molecular complexity index is 1410. The van der Waals surface area contributed by atoms with E-state index in [4.69, 9.17) is 68.2 Å². The van der Waals surface area contributed by atoms with Crippen LogP contribution in [-0.4, -0.2) is 118 Å². The van der Waals surface area contributed by atoms with Crippen molar-refractivity contribution in [3.05, 3.63) is 36.7 Å². The van der Waals surface area contributed by atoms with Gasteiger partial charge in [-0.15, -0.1) is 0 Å². The Morgan fingerprint density at radius 2 is 1.33 bits per heavy atom. The fourth-order valence-electron chi connectivity index (χ4n) is 2.89. The normalized spacial score (nSPS) is 23.5. The maximum atomic E-state index is 11.9. The molecule has 1 aliphatic heterocycles. The molecule has 1 fully saturated rings. The number of aliphatic hydroxyl groups excluding tert-OH is 2. The summed E-state index contributed by atoms with van der Waals surface area (Å²) in [5.74, 6) is -5.31. The van der Waals surface area contributed by atoms with Crippen molar-refractivity contribution in [1.29, 1.82) is 0 Å². The van der Waals surface area contributed by atoms with E-state index in [0.717, 1.165) is 0 Å². The lowest BCUT2D eigenvalue weighted by molar-refractivity contribution is -0.777. The molecule has 0 radical (unpaired) electrons. The lowest BCUT2D eigenvalue weighted by Gasteiger charge is -2.26. The van der Waals surface area contributed by atoms with Gasteiger partial charge in [0.25, 0.3) is 5.65 Å². The van der Waals surface area contributed by atoms with Gasteiger partial charge < -0.3 is 75.2 Å². The summed E-state index contributed by atoms with van der Waals surface area (Å²) in [7, 11) is -13.9. The number of hydrogen-bond acceptors (Lipinski definition) is 17. The van der Waals surface area contributed by atoms with Gasteiger partial charge in [0.05, 0.1) is 16.5 Å². The maximum Gasteiger partial charge on any atom is 0.518 e. The Labute approximate surface area is 232 Å². The molecule has 0 spiro atoms. The molecule has 0 aromatic carbocycles. The number of fused-ring (bicyclic) bond motifs is 1. The number of rotatable bonds is 5. The molecular formula is C10H19N8O22P3. The van der Waals surface area contributed by atoms with E-state index in [1.807, 2.05) is 0 Å². The van der Waals surface area contributed by atoms with E-state index in [1.54, 1.807) is 0 Å². The summed E-state index contributed by atoms with van der Waals surface area (Å²) < 4.78 is 31.8. The molecule has 0 unspecified atom stereocenters. The quantitative estimate of drug-likeness (QED) is 0.0599. The summed E-state index contributed by atoms with van der Waals surface area (Å²) in [6.45, 7) is -1.14. The second kappa shape index (κ2) is 14.0. The van der Waals surface area contributed by atoms with Gasteiger partial charge in [0.15, 0.2) is 11.6 Å². The van der Waals surface area contributed by atoms with Gasteiger partial charge in [-0.2, -0.15) is 4.57 Å². The van der Waals surface area contributed by atoms with E-state index >= 15 is 0 Å². The van der Waals surface area contributed by atoms with Gasteiger partial charge in [-0.25, -0.2) is 18.7 Å². The Kier molecular flexibility index (Phi) is 12.9. The average Bonchev–Trinajstić information content (AvgIpc) is 3.29. The summed E-state index contributed by atoms with van der Waals surface area (Å²) in [6.07, 6.45) is -3.99. The van der Waals surface area contributed by atoms with Crippen molar-refractivity contribution in [2.75, 3.05) is 12.3 Å².